The number of rotatable bonds is 9. The number of likely N-dealkylation sites (tertiary alicyclic amines) is 1. The molecule has 2 saturated carbocycles. The summed E-state index contributed by atoms with van der Waals surface area (Å²) in [5, 5.41) is 47.5. The third-order valence-electron chi connectivity index (χ3n) is 18.8. The number of anilines is 1. The maximum absolute atomic E-state index is 15.5. The number of aliphatic hydroxyl groups excluding tert-OH is 2. The van der Waals surface area contributed by atoms with Crippen LogP contribution in [-0.4, -0.2) is 158 Å². The van der Waals surface area contributed by atoms with E-state index < -0.39 is 100.0 Å². The number of pyridine rings is 1. The van der Waals surface area contributed by atoms with Gasteiger partial charge in [0.1, 0.15) is 34.6 Å². The van der Waals surface area contributed by atoms with Crippen molar-refractivity contribution >= 4 is 51.8 Å². The molecule has 1 aromatic heterocycles. The fourth-order valence-electron chi connectivity index (χ4n) is 13.6. The van der Waals surface area contributed by atoms with Gasteiger partial charge in [0.05, 0.1) is 70.9 Å². The van der Waals surface area contributed by atoms with Crippen LogP contribution in [0.15, 0.2) is 64.6 Å². The molecule has 2 aromatic carbocycles. The number of phenols is 1. The second-order valence-electron chi connectivity index (χ2n) is 24.3. The van der Waals surface area contributed by atoms with E-state index >= 15 is 9.59 Å². The van der Waals surface area contributed by atoms with Crippen molar-refractivity contribution in [2.75, 3.05) is 45.2 Å². The number of methoxy groups -OCH3 is 1. The number of nitrogens with two attached hydrogens (primary N) is 2. The van der Waals surface area contributed by atoms with Crippen molar-refractivity contribution in [3.8, 4) is 17.2 Å². The number of aromatic carboxylic acids is 1. The van der Waals surface area contributed by atoms with Crippen molar-refractivity contribution in [3.05, 3.63) is 103 Å². The van der Waals surface area contributed by atoms with E-state index in [9.17, 15) is 44.4 Å². The van der Waals surface area contributed by atoms with Gasteiger partial charge in [-0.25, -0.2) is 4.79 Å². The first-order valence-corrected chi connectivity index (χ1v) is 29.0. The van der Waals surface area contributed by atoms with Crippen molar-refractivity contribution in [1.82, 2.24) is 19.7 Å². The Morgan fingerprint density at radius 2 is 1.58 bits per heavy atom. The first-order valence-electron chi connectivity index (χ1n) is 29.0. The van der Waals surface area contributed by atoms with E-state index in [4.69, 9.17) is 30.4 Å². The maximum Gasteiger partial charge on any atom is 0.341 e. The Hall–Kier alpha value is -7.37. The van der Waals surface area contributed by atoms with E-state index in [-0.39, 0.29) is 88.0 Å². The van der Waals surface area contributed by atoms with Gasteiger partial charge in [0.25, 0.3) is 11.7 Å². The number of aryl methyl sites for hydroxylation is 1. The zero-order valence-electron chi connectivity index (χ0n) is 49.0. The molecule has 5 aliphatic heterocycles. The Morgan fingerprint density at radius 3 is 2.21 bits per heavy atom. The predicted octanol–water partition coefficient (Wildman–Crippen LogP) is 4.84. The highest BCUT2D eigenvalue weighted by atomic mass is 16.7. The smallest absolute Gasteiger partial charge is 0.341 e. The number of hydrogen-bond donors (Lipinski definition) is 7. The molecular formula is C62H77N7O15. The lowest BCUT2D eigenvalue weighted by molar-refractivity contribution is -0.152. The third-order valence-corrected chi connectivity index (χ3v) is 18.8. The van der Waals surface area contributed by atoms with Crippen molar-refractivity contribution < 1.29 is 68.1 Å². The lowest BCUT2D eigenvalue weighted by atomic mass is 9.82. The topological polar surface area (TPSA) is 316 Å². The van der Waals surface area contributed by atoms with E-state index in [2.05, 4.69) is 22.2 Å². The standard InChI is InChI=1S/C62H77N7O15/c1-29-12-10-13-31(3)59(78)65-45-48(53(75)40-41(52(45)74)50(72)33(5)56-42(40)58(77)61(7,84-56)82-25-11-14-30(2)55(83-34(6)70)44(64)54(76)43(63)49(29)71)67-23-18-36(19-24-67)66(8)62(20-21-62)35-17-22-68(27-35)46-32(4)26-38-47(57(46)81-9)69(37-15-16-37)28-39(51(38)73)60(79)80/h10-13,25-26,28-30,35-37,43-44,49,54-55,71-72,76H,14-24,27,63-64H2,1-9H3,(H,65,78)(H,79,80)/b12-10+,25-11+,31-13-/t29-,30+,35?,43+,44+,49-,54+,55+,61-/m0/s1. The molecule has 450 valence electrons. The van der Waals surface area contributed by atoms with Gasteiger partial charge in [-0.1, -0.05) is 32.1 Å². The number of piperidine rings is 1. The van der Waals surface area contributed by atoms with Crippen molar-refractivity contribution in [2.24, 2.45) is 29.2 Å². The van der Waals surface area contributed by atoms with Gasteiger partial charge in [-0.15, -0.1) is 0 Å². The van der Waals surface area contributed by atoms with Gasteiger partial charge in [-0.05, 0) is 109 Å². The zero-order chi connectivity index (χ0) is 60.8. The number of carbonyl (C=O) groups excluding carboxylic acids is 5. The highest BCUT2D eigenvalue weighted by Crippen LogP contribution is 2.55. The van der Waals surface area contributed by atoms with E-state index in [0.717, 1.165) is 49.9 Å². The fraction of sp³-hybridized carbons (Fsp3) is 0.532. The number of Topliss-reactive ketones (excluding diaryl/α,β-unsaturated/α-hetero) is 3. The molecule has 9 atom stereocenters. The zero-order valence-corrected chi connectivity index (χ0v) is 49.0. The molecule has 6 heterocycles. The minimum atomic E-state index is -2.10. The summed E-state index contributed by atoms with van der Waals surface area (Å²) in [4.78, 5) is 104. The van der Waals surface area contributed by atoms with Crippen LogP contribution in [0.3, 0.4) is 0 Å². The van der Waals surface area contributed by atoms with Gasteiger partial charge in [-0.2, -0.15) is 0 Å². The molecule has 1 amide bonds. The number of aliphatic hydroxyl groups is 2. The van der Waals surface area contributed by atoms with Gasteiger partial charge in [0.2, 0.25) is 17.0 Å². The second-order valence-corrected chi connectivity index (χ2v) is 24.3. The molecule has 8 aliphatic rings. The quantitative estimate of drug-likeness (QED) is 0.141. The number of aromatic hydroxyl groups is 1. The summed E-state index contributed by atoms with van der Waals surface area (Å²) in [7, 11) is 3.73. The lowest BCUT2D eigenvalue weighted by Gasteiger charge is -2.44. The lowest BCUT2D eigenvalue weighted by Crippen LogP contribution is -2.59. The van der Waals surface area contributed by atoms with Crippen LogP contribution in [0.2, 0.25) is 0 Å². The molecule has 3 aromatic rings. The predicted molar refractivity (Wildman–Crippen MR) is 309 cm³/mol. The Balaban J connectivity index is 0.943. The summed E-state index contributed by atoms with van der Waals surface area (Å²) in [6.45, 7) is 12.7. The molecule has 84 heavy (non-hydrogen) atoms. The highest BCUT2D eigenvalue weighted by molar-refractivity contribution is 6.32. The van der Waals surface area contributed by atoms with Gasteiger partial charge in [0.15, 0.2) is 5.75 Å². The number of nitrogens with zero attached hydrogens (tertiary/aromatic N) is 4. The number of hydrogen-bond acceptors (Lipinski definition) is 19. The SMILES string of the molecule is COc1c(N2CCC(C3(N(C)C4CCN(C5=C6NC(=O)/C(C)=C\C=C\[C@H](C)[C@H](O)[C@@H](N)[C@@H](O)[C@@H](N)[C@H](OC(C)=O)[C@H](C)C/C=C/O[C@@]7(C)Oc8c(C)c(O)c(c(c8C7=O)C5=O)C6=O)CC4)CC3)C2)c(C)cc2c(=O)c(C(=O)O)cn(C3CC3)c12. The molecular weight excluding hydrogens is 1080 g/mol. The molecule has 0 spiro atoms. The number of aromatic nitrogens is 1. The maximum atomic E-state index is 15.5. The van der Waals surface area contributed by atoms with Gasteiger partial charge in [0, 0.05) is 80.9 Å². The number of carbonyl (C=O) groups is 6. The Kier molecular flexibility index (Phi) is 16.1. The van der Waals surface area contributed by atoms with Crippen LogP contribution >= 0.6 is 0 Å². The molecule has 22 nitrogen and oxygen atoms in total. The number of amides is 1. The second kappa shape index (κ2) is 22.6. The molecule has 5 bridgehead atoms. The molecule has 3 aliphatic carbocycles. The number of esters is 1. The summed E-state index contributed by atoms with van der Waals surface area (Å²) in [5.41, 5.74) is 12.7. The van der Waals surface area contributed by atoms with Crippen molar-refractivity contribution in [3.63, 3.8) is 0 Å². The van der Waals surface area contributed by atoms with E-state index in [1.54, 1.807) is 38.0 Å². The number of ether oxygens (including phenoxy) is 4. The number of carboxylic acid groups (broad SMARTS) is 1. The van der Waals surface area contributed by atoms with Crippen LogP contribution < -0.4 is 36.6 Å². The minimum Gasteiger partial charge on any atom is -0.507 e. The molecule has 9 N–H and O–H groups in total. The number of fused-ring (bicyclic) bond motifs is 15. The van der Waals surface area contributed by atoms with E-state index in [1.807, 2.05) is 11.5 Å². The minimum absolute atomic E-state index is 0.0132. The Labute approximate surface area is 486 Å². The van der Waals surface area contributed by atoms with Crippen LogP contribution in [0.5, 0.6) is 17.2 Å². The third kappa shape index (κ3) is 10.3. The number of carboxylic acids is 1. The van der Waals surface area contributed by atoms with Crippen LogP contribution in [0.1, 0.15) is 145 Å². The molecule has 2 saturated heterocycles. The van der Waals surface area contributed by atoms with Crippen LogP contribution in [0.25, 0.3) is 10.9 Å². The highest BCUT2D eigenvalue weighted by Gasteiger charge is 2.57. The number of ketones is 3. The fourth-order valence-corrected chi connectivity index (χ4v) is 13.6. The molecule has 0 radical (unpaired) electrons. The van der Waals surface area contributed by atoms with Gasteiger partial charge >= 0.3 is 17.7 Å². The van der Waals surface area contributed by atoms with Crippen molar-refractivity contribution in [2.45, 2.75) is 154 Å². The largest absolute Gasteiger partial charge is 0.507 e. The molecule has 22 heteroatoms. The average Bonchev–Trinajstić information content (AvgIpc) is 2.34. The molecule has 11 rings (SSSR count). The number of phenolic OH excluding ortho intramolecular Hbond substituents is 1. The normalized spacial score (nSPS) is 30.0. The van der Waals surface area contributed by atoms with Crippen molar-refractivity contribution in [1.29, 1.82) is 0 Å². The van der Waals surface area contributed by atoms with Crippen LogP contribution in [-0.2, 0) is 19.1 Å². The number of allylic oxidation sites excluding steroid dienone is 5. The Bertz CT molecular complexity index is 3460. The number of nitrogens with one attached hydrogen (secondary N) is 1. The first-order chi connectivity index (χ1) is 39.8. The van der Waals surface area contributed by atoms with Gasteiger partial charge < -0.3 is 70.5 Å². The summed E-state index contributed by atoms with van der Waals surface area (Å²) in [5.74, 6) is -8.53. The first kappa shape index (κ1) is 59.8. The summed E-state index contributed by atoms with van der Waals surface area (Å²) in [6, 6.07) is -0.660. The van der Waals surface area contributed by atoms with Crippen LogP contribution in [0, 0.1) is 31.6 Å². The average molecular weight is 1160 g/mol. The summed E-state index contributed by atoms with van der Waals surface area (Å²) >= 11 is 0. The summed E-state index contributed by atoms with van der Waals surface area (Å²) < 4.78 is 25.8. The van der Waals surface area contributed by atoms with E-state index in [1.165, 1.54) is 58.4 Å². The van der Waals surface area contributed by atoms with Gasteiger partial charge in [-0.3, -0.25) is 33.7 Å². The summed E-state index contributed by atoms with van der Waals surface area (Å²) in [6.07, 6.45) is 10.5. The number of benzene rings is 2. The Morgan fingerprint density at radius 1 is 0.905 bits per heavy atom. The monoisotopic (exact) mass is 1160 g/mol. The molecule has 4 fully saturated rings. The molecule has 1 unspecified atom stereocenters. The van der Waals surface area contributed by atoms with Crippen LogP contribution in [0.4, 0.5) is 5.69 Å². The van der Waals surface area contributed by atoms with E-state index in [0.29, 0.717) is 36.0 Å².